The summed E-state index contributed by atoms with van der Waals surface area (Å²) in [4.78, 5) is 10.9. The van der Waals surface area contributed by atoms with E-state index >= 15 is 0 Å². The van der Waals surface area contributed by atoms with Gasteiger partial charge in [0.25, 0.3) is 0 Å². The van der Waals surface area contributed by atoms with Crippen molar-refractivity contribution in [3.63, 3.8) is 0 Å². The lowest BCUT2D eigenvalue weighted by Crippen LogP contribution is -2.31. The minimum atomic E-state index is -0.924. The van der Waals surface area contributed by atoms with Gasteiger partial charge in [-0.1, -0.05) is 0 Å². The van der Waals surface area contributed by atoms with Crippen LogP contribution in [0.2, 0.25) is 0 Å². The molecule has 2 rings (SSSR count). The highest BCUT2D eigenvalue weighted by atomic mass is 32.2. The van der Waals surface area contributed by atoms with Crippen LogP contribution in [0.5, 0.6) is 0 Å². The third-order valence-electron chi connectivity index (χ3n) is 2.99. The summed E-state index contributed by atoms with van der Waals surface area (Å²) in [5.74, 6) is 2.67. The van der Waals surface area contributed by atoms with Crippen molar-refractivity contribution >= 4 is 17.7 Å². The zero-order valence-electron chi connectivity index (χ0n) is 9.86. The standard InChI is InChI=1S/C12H17NO3S/c1-8-11(12(14)15)6-10(16-8)7-13-9-2-4-17-5-3-9/h6,9,13H,2-5,7H2,1H3,(H,14,15). The zero-order valence-corrected chi connectivity index (χ0v) is 10.7. The summed E-state index contributed by atoms with van der Waals surface area (Å²) in [6, 6.07) is 2.15. The number of thioether (sulfide) groups is 1. The molecule has 0 spiro atoms. The van der Waals surface area contributed by atoms with E-state index in [2.05, 4.69) is 5.32 Å². The van der Waals surface area contributed by atoms with Crippen molar-refractivity contribution in [3.05, 3.63) is 23.2 Å². The van der Waals surface area contributed by atoms with Crippen LogP contribution >= 0.6 is 11.8 Å². The highest BCUT2D eigenvalue weighted by molar-refractivity contribution is 7.99. The number of rotatable bonds is 4. The number of hydrogen-bond acceptors (Lipinski definition) is 4. The molecule has 0 atom stereocenters. The normalized spacial score (nSPS) is 17.2. The first kappa shape index (κ1) is 12.5. The van der Waals surface area contributed by atoms with Crippen molar-refractivity contribution in [3.8, 4) is 0 Å². The molecule has 0 saturated carbocycles. The van der Waals surface area contributed by atoms with Crippen molar-refractivity contribution in [1.29, 1.82) is 0 Å². The number of aromatic carboxylic acids is 1. The van der Waals surface area contributed by atoms with Gasteiger partial charge in [0.15, 0.2) is 0 Å². The van der Waals surface area contributed by atoms with Crippen LogP contribution in [0.4, 0.5) is 0 Å². The Hall–Kier alpha value is -0.940. The molecule has 0 aromatic carbocycles. The minimum absolute atomic E-state index is 0.265. The number of furan rings is 1. The van der Waals surface area contributed by atoms with Crippen molar-refractivity contribution in [2.24, 2.45) is 0 Å². The molecule has 1 aliphatic heterocycles. The fraction of sp³-hybridized carbons (Fsp3) is 0.583. The van der Waals surface area contributed by atoms with Crippen LogP contribution in [0.25, 0.3) is 0 Å². The van der Waals surface area contributed by atoms with E-state index in [9.17, 15) is 4.79 Å². The summed E-state index contributed by atoms with van der Waals surface area (Å²) < 4.78 is 5.42. The lowest BCUT2D eigenvalue weighted by molar-refractivity contribution is 0.0695. The van der Waals surface area contributed by atoms with Gasteiger partial charge in [0.05, 0.1) is 6.54 Å². The second kappa shape index (κ2) is 5.60. The van der Waals surface area contributed by atoms with Crippen molar-refractivity contribution in [2.75, 3.05) is 11.5 Å². The fourth-order valence-corrected chi connectivity index (χ4v) is 3.10. The van der Waals surface area contributed by atoms with Gasteiger partial charge in [-0.25, -0.2) is 4.79 Å². The molecule has 1 aliphatic rings. The molecule has 1 aromatic rings. The number of nitrogens with one attached hydrogen (secondary N) is 1. The summed E-state index contributed by atoms with van der Waals surface area (Å²) in [5.41, 5.74) is 0.265. The largest absolute Gasteiger partial charge is 0.478 e. The molecule has 1 saturated heterocycles. The topological polar surface area (TPSA) is 62.5 Å². The lowest BCUT2D eigenvalue weighted by atomic mass is 10.1. The van der Waals surface area contributed by atoms with E-state index in [0.717, 1.165) is 0 Å². The van der Waals surface area contributed by atoms with Gasteiger partial charge < -0.3 is 14.8 Å². The molecule has 94 valence electrons. The molecule has 1 fully saturated rings. The van der Waals surface area contributed by atoms with Crippen LogP contribution in [0.3, 0.4) is 0 Å². The molecule has 0 unspecified atom stereocenters. The molecule has 4 nitrogen and oxygen atoms in total. The molecular formula is C12H17NO3S. The molecule has 0 aliphatic carbocycles. The van der Waals surface area contributed by atoms with E-state index in [1.165, 1.54) is 24.3 Å². The van der Waals surface area contributed by atoms with Crippen molar-refractivity contribution < 1.29 is 14.3 Å². The Labute approximate surface area is 105 Å². The van der Waals surface area contributed by atoms with Gasteiger partial charge in [-0.3, -0.25) is 0 Å². The summed E-state index contributed by atoms with van der Waals surface area (Å²) in [5, 5.41) is 12.3. The number of aryl methyl sites for hydroxylation is 1. The monoisotopic (exact) mass is 255 g/mol. The quantitative estimate of drug-likeness (QED) is 0.864. The van der Waals surface area contributed by atoms with Gasteiger partial charge in [-0.15, -0.1) is 0 Å². The SMILES string of the molecule is Cc1oc(CNC2CCSCC2)cc1C(=O)O. The molecule has 0 amide bonds. The molecule has 0 radical (unpaired) electrons. The highest BCUT2D eigenvalue weighted by Crippen LogP contribution is 2.18. The number of carbonyl (C=O) groups is 1. The van der Waals surface area contributed by atoms with Crippen LogP contribution < -0.4 is 5.32 Å². The molecule has 17 heavy (non-hydrogen) atoms. The molecule has 1 aromatic heterocycles. The Morgan fingerprint density at radius 3 is 2.88 bits per heavy atom. The molecule has 2 heterocycles. The average molecular weight is 255 g/mol. The third-order valence-corrected chi connectivity index (χ3v) is 4.03. The Balaban J connectivity index is 1.90. The van der Waals surface area contributed by atoms with Crippen LogP contribution in [0.1, 0.15) is 34.7 Å². The molecule has 0 bridgehead atoms. The maximum atomic E-state index is 10.9. The number of carboxylic acid groups (broad SMARTS) is 1. The van der Waals surface area contributed by atoms with Gasteiger partial charge in [-0.2, -0.15) is 11.8 Å². The van der Waals surface area contributed by atoms with E-state index in [1.807, 2.05) is 11.8 Å². The van der Waals surface area contributed by atoms with E-state index in [4.69, 9.17) is 9.52 Å². The van der Waals surface area contributed by atoms with E-state index in [1.54, 1.807) is 13.0 Å². The lowest BCUT2D eigenvalue weighted by Gasteiger charge is -2.21. The van der Waals surface area contributed by atoms with E-state index < -0.39 is 5.97 Å². The summed E-state index contributed by atoms with van der Waals surface area (Å²) >= 11 is 1.99. The predicted octanol–water partition coefficient (Wildman–Crippen LogP) is 2.27. The van der Waals surface area contributed by atoms with Gasteiger partial charge >= 0.3 is 5.97 Å². The zero-order chi connectivity index (χ0) is 12.3. The predicted molar refractivity (Wildman–Crippen MR) is 67.6 cm³/mol. The third kappa shape index (κ3) is 3.26. The molecule has 2 N–H and O–H groups in total. The number of carboxylic acids is 1. The second-order valence-electron chi connectivity index (χ2n) is 4.26. The number of hydrogen-bond donors (Lipinski definition) is 2. The Morgan fingerprint density at radius 2 is 2.29 bits per heavy atom. The average Bonchev–Trinajstić information content (AvgIpc) is 2.69. The van der Waals surface area contributed by atoms with Crippen LogP contribution in [0, 0.1) is 6.92 Å². The van der Waals surface area contributed by atoms with Gasteiger partial charge in [0.2, 0.25) is 0 Å². The Kier molecular flexibility index (Phi) is 4.12. The first-order valence-corrected chi connectivity index (χ1v) is 6.96. The molecular weight excluding hydrogens is 238 g/mol. The van der Waals surface area contributed by atoms with Crippen LogP contribution in [-0.4, -0.2) is 28.6 Å². The van der Waals surface area contributed by atoms with Crippen molar-refractivity contribution in [1.82, 2.24) is 5.32 Å². The van der Waals surface area contributed by atoms with Crippen LogP contribution in [0.15, 0.2) is 10.5 Å². The van der Waals surface area contributed by atoms with Gasteiger partial charge in [0, 0.05) is 6.04 Å². The summed E-state index contributed by atoms with van der Waals surface area (Å²) in [6.45, 7) is 2.30. The second-order valence-corrected chi connectivity index (χ2v) is 5.48. The van der Waals surface area contributed by atoms with E-state index in [-0.39, 0.29) is 5.56 Å². The fourth-order valence-electron chi connectivity index (χ4n) is 1.99. The van der Waals surface area contributed by atoms with Crippen LogP contribution in [-0.2, 0) is 6.54 Å². The van der Waals surface area contributed by atoms with Gasteiger partial charge in [-0.05, 0) is 37.3 Å². The molecule has 5 heteroatoms. The van der Waals surface area contributed by atoms with E-state index in [0.29, 0.717) is 24.1 Å². The summed E-state index contributed by atoms with van der Waals surface area (Å²) in [7, 11) is 0. The van der Waals surface area contributed by atoms with Crippen molar-refractivity contribution in [2.45, 2.75) is 32.4 Å². The Morgan fingerprint density at radius 1 is 1.59 bits per heavy atom. The minimum Gasteiger partial charge on any atom is -0.478 e. The smallest absolute Gasteiger partial charge is 0.339 e. The first-order chi connectivity index (χ1) is 8.16. The maximum Gasteiger partial charge on any atom is 0.339 e. The highest BCUT2D eigenvalue weighted by Gasteiger charge is 2.16. The maximum absolute atomic E-state index is 10.9. The van der Waals surface area contributed by atoms with Gasteiger partial charge in [0.1, 0.15) is 17.1 Å². The summed E-state index contributed by atoms with van der Waals surface area (Å²) in [6.07, 6.45) is 2.35. The first-order valence-electron chi connectivity index (χ1n) is 5.80. The Bertz CT molecular complexity index is 396.